The number of aryl methyl sites for hydroxylation is 1. The lowest BCUT2D eigenvalue weighted by atomic mass is 10.1. The molecule has 1 heterocycles. The molecule has 5 nitrogen and oxygen atoms in total. The topological polar surface area (TPSA) is 81.2 Å². The molecule has 2 aromatic rings. The molecule has 2 rings (SSSR count). The number of hydrogen-bond acceptors (Lipinski definition) is 4. The Morgan fingerprint density at radius 3 is 2.77 bits per heavy atom. The van der Waals surface area contributed by atoms with Crippen molar-refractivity contribution in [2.24, 2.45) is 5.73 Å². The summed E-state index contributed by atoms with van der Waals surface area (Å²) in [5.74, 6) is 0.759. The number of nitrogens with one attached hydrogen (secondary N) is 1. The summed E-state index contributed by atoms with van der Waals surface area (Å²) in [6.07, 6.45) is 5.38. The van der Waals surface area contributed by atoms with Crippen molar-refractivity contribution >= 4 is 35.1 Å². The van der Waals surface area contributed by atoms with E-state index in [2.05, 4.69) is 10.3 Å². The van der Waals surface area contributed by atoms with E-state index in [0.29, 0.717) is 12.3 Å². The molecule has 1 aromatic heterocycles. The lowest BCUT2D eigenvalue weighted by Gasteiger charge is -2.04. The number of carbonyl (C=O) groups is 1. The maximum Gasteiger partial charge on any atom is 0.224 e. The average molecular weight is 326 g/mol. The van der Waals surface area contributed by atoms with E-state index in [1.165, 1.54) is 0 Å². The van der Waals surface area contributed by atoms with E-state index in [1.54, 1.807) is 0 Å². The Morgan fingerprint density at radius 1 is 1.27 bits per heavy atom. The molecular weight excluding hydrogens is 302 g/mol. The standard InChI is InChI=1S/C16H23N3O2.ClH/c1-2-16-19-13-11-12(8-9-14(13)21-16)18-15(20)7-5-3-4-6-10-17;/h8-9,11H,2-7,10,17H2,1H3,(H,18,20);1H. The van der Waals surface area contributed by atoms with E-state index in [0.717, 1.165) is 55.4 Å². The number of anilines is 1. The molecule has 0 bridgehead atoms. The zero-order valence-electron chi connectivity index (χ0n) is 12.9. The predicted molar refractivity (Wildman–Crippen MR) is 91.4 cm³/mol. The molecule has 22 heavy (non-hydrogen) atoms. The number of benzene rings is 1. The number of carbonyl (C=O) groups excluding carboxylic acids is 1. The molecule has 0 fully saturated rings. The summed E-state index contributed by atoms with van der Waals surface area (Å²) in [6, 6.07) is 5.54. The van der Waals surface area contributed by atoms with Crippen LogP contribution in [0.2, 0.25) is 0 Å². The van der Waals surface area contributed by atoms with E-state index < -0.39 is 0 Å². The van der Waals surface area contributed by atoms with Gasteiger partial charge in [0.15, 0.2) is 11.5 Å². The number of oxazole rings is 1. The van der Waals surface area contributed by atoms with Gasteiger partial charge in [-0.15, -0.1) is 12.4 Å². The van der Waals surface area contributed by atoms with Crippen LogP contribution in [0.4, 0.5) is 5.69 Å². The number of hydrogen-bond donors (Lipinski definition) is 2. The fraction of sp³-hybridized carbons (Fsp3) is 0.500. The second-order valence-corrected chi connectivity index (χ2v) is 5.14. The quantitative estimate of drug-likeness (QED) is 0.726. The minimum atomic E-state index is 0. The van der Waals surface area contributed by atoms with Crippen molar-refractivity contribution in [1.29, 1.82) is 0 Å². The number of halogens is 1. The van der Waals surface area contributed by atoms with Gasteiger partial charge in [0.1, 0.15) is 5.52 Å². The van der Waals surface area contributed by atoms with E-state index in [9.17, 15) is 4.79 Å². The number of fused-ring (bicyclic) bond motifs is 1. The minimum absolute atomic E-state index is 0. The lowest BCUT2D eigenvalue weighted by molar-refractivity contribution is -0.116. The molecule has 0 unspecified atom stereocenters. The third kappa shape index (κ3) is 5.31. The van der Waals surface area contributed by atoms with Crippen molar-refractivity contribution < 1.29 is 9.21 Å². The van der Waals surface area contributed by atoms with Crippen molar-refractivity contribution in [1.82, 2.24) is 4.98 Å². The number of amides is 1. The van der Waals surface area contributed by atoms with Gasteiger partial charge in [0, 0.05) is 18.5 Å². The number of nitrogens with two attached hydrogens (primary N) is 1. The Balaban J connectivity index is 0.00000242. The first kappa shape index (κ1) is 18.5. The largest absolute Gasteiger partial charge is 0.441 e. The van der Waals surface area contributed by atoms with Crippen LogP contribution >= 0.6 is 12.4 Å². The van der Waals surface area contributed by atoms with Gasteiger partial charge < -0.3 is 15.5 Å². The summed E-state index contributed by atoms with van der Waals surface area (Å²) in [6.45, 7) is 2.72. The summed E-state index contributed by atoms with van der Waals surface area (Å²) < 4.78 is 5.55. The van der Waals surface area contributed by atoms with Crippen LogP contribution in [-0.4, -0.2) is 17.4 Å². The molecule has 0 aliphatic carbocycles. The second kappa shape index (κ2) is 9.43. The van der Waals surface area contributed by atoms with Crippen LogP contribution in [0.1, 0.15) is 44.9 Å². The predicted octanol–water partition coefficient (Wildman–Crippen LogP) is 3.66. The van der Waals surface area contributed by atoms with Crippen molar-refractivity contribution in [3.05, 3.63) is 24.1 Å². The van der Waals surface area contributed by atoms with Crippen LogP contribution in [0.5, 0.6) is 0 Å². The molecule has 3 N–H and O–H groups in total. The van der Waals surface area contributed by atoms with Crippen molar-refractivity contribution in [3.8, 4) is 0 Å². The van der Waals surface area contributed by atoms with Crippen LogP contribution in [-0.2, 0) is 11.2 Å². The monoisotopic (exact) mass is 325 g/mol. The third-order valence-corrected chi connectivity index (χ3v) is 3.38. The van der Waals surface area contributed by atoms with Gasteiger partial charge >= 0.3 is 0 Å². The molecule has 0 saturated carbocycles. The zero-order valence-corrected chi connectivity index (χ0v) is 13.7. The highest BCUT2D eigenvalue weighted by molar-refractivity contribution is 5.92. The molecule has 0 atom stereocenters. The van der Waals surface area contributed by atoms with Gasteiger partial charge in [-0.3, -0.25) is 4.79 Å². The summed E-state index contributed by atoms with van der Waals surface area (Å²) in [4.78, 5) is 16.2. The Labute approximate surface area is 137 Å². The molecule has 1 amide bonds. The molecule has 1 aromatic carbocycles. The van der Waals surface area contributed by atoms with E-state index in [1.807, 2.05) is 25.1 Å². The van der Waals surface area contributed by atoms with Crippen LogP contribution in [0.15, 0.2) is 22.6 Å². The smallest absolute Gasteiger partial charge is 0.224 e. The Kier molecular flexibility index (Phi) is 7.91. The van der Waals surface area contributed by atoms with Gasteiger partial charge in [0.2, 0.25) is 5.91 Å². The average Bonchev–Trinajstić information content (AvgIpc) is 2.89. The number of unbranched alkanes of at least 4 members (excludes halogenated alkanes) is 3. The van der Waals surface area contributed by atoms with Crippen molar-refractivity contribution in [2.45, 2.75) is 45.4 Å². The normalized spacial score (nSPS) is 10.5. The SMILES string of the molecule is CCc1nc2cc(NC(=O)CCCCCCN)ccc2o1.Cl. The molecule has 122 valence electrons. The first-order chi connectivity index (χ1) is 10.2. The zero-order chi connectivity index (χ0) is 15.1. The minimum Gasteiger partial charge on any atom is -0.441 e. The summed E-state index contributed by atoms with van der Waals surface area (Å²) >= 11 is 0. The van der Waals surface area contributed by atoms with Gasteiger partial charge in [-0.05, 0) is 37.6 Å². The Morgan fingerprint density at radius 2 is 2.05 bits per heavy atom. The maximum atomic E-state index is 11.9. The van der Waals surface area contributed by atoms with E-state index >= 15 is 0 Å². The molecule has 0 aliphatic heterocycles. The lowest BCUT2D eigenvalue weighted by Crippen LogP contribution is -2.11. The summed E-state index contributed by atoms with van der Waals surface area (Å²) in [7, 11) is 0. The van der Waals surface area contributed by atoms with Crippen LogP contribution in [0.25, 0.3) is 11.1 Å². The van der Waals surface area contributed by atoms with Gasteiger partial charge in [-0.25, -0.2) is 4.98 Å². The molecular formula is C16H24ClN3O2. The van der Waals surface area contributed by atoms with Crippen LogP contribution in [0, 0.1) is 0 Å². The number of rotatable bonds is 8. The van der Waals surface area contributed by atoms with Gasteiger partial charge in [-0.2, -0.15) is 0 Å². The van der Waals surface area contributed by atoms with Crippen molar-refractivity contribution in [2.75, 3.05) is 11.9 Å². The number of nitrogens with zero attached hydrogens (tertiary/aromatic N) is 1. The van der Waals surface area contributed by atoms with Gasteiger partial charge in [-0.1, -0.05) is 19.8 Å². The van der Waals surface area contributed by atoms with Crippen molar-refractivity contribution in [3.63, 3.8) is 0 Å². The fourth-order valence-electron chi connectivity index (χ4n) is 2.21. The first-order valence-corrected chi connectivity index (χ1v) is 7.62. The second-order valence-electron chi connectivity index (χ2n) is 5.14. The number of aromatic nitrogens is 1. The highest BCUT2D eigenvalue weighted by Gasteiger charge is 2.07. The summed E-state index contributed by atoms with van der Waals surface area (Å²) in [5, 5.41) is 2.91. The fourth-order valence-corrected chi connectivity index (χ4v) is 2.21. The third-order valence-electron chi connectivity index (χ3n) is 3.38. The molecule has 0 spiro atoms. The Bertz CT molecular complexity index is 598. The van der Waals surface area contributed by atoms with E-state index in [-0.39, 0.29) is 18.3 Å². The van der Waals surface area contributed by atoms with Gasteiger partial charge in [0.25, 0.3) is 0 Å². The summed E-state index contributed by atoms with van der Waals surface area (Å²) in [5.41, 5.74) is 7.75. The van der Waals surface area contributed by atoms with Gasteiger partial charge in [0.05, 0.1) is 0 Å². The maximum absolute atomic E-state index is 11.9. The highest BCUT2D eigenvalue weighted by atomic mass is 35.5. The Hall–Kier alpha value is -1.59. The highest BCUT2D eigenvalue weighted by Crippen LogP contribution is 2.20. The van der Waals surface area contributed by atoms with Crippen LogP contribution < -0.4 is 11.1 Å². The molecule has 0 radical (unpaired) electrons. The van der Waals surface area contributed by atoms with E-state index in [4.69, 9.17) is 10.2 Å². The molecule has 6 heteroatoms. The van der Waals surface area contributed by atoms with Crippen LogP contribution in [0.3, 0.4) is 0 Å². The molecule has 0 saturated heterocycles. The first-order valence-electron chi connectivity index (χ1n) is 7.62. The molecule has 0 aliphatic rings.